The minimum absolute atomic E-state index is 0.522. The van der Waals surface area contributed by atoms with Crippen molar-refractivity contribution in [3.8, 4) is 5.75 Å². The van der Waals surface area contributed by atoms with Gasteiger partial charge >= 0.3 is 0 Å². The summed E-state index contributed by atoms with van der Waals surface area (Å²) in [6, 6.07) is 6.94. The summed E-state index contributed by atoms with van der Waals surface area (Å²) in [5.74, 6) is 0.782. The molecule has 0 unspecified atom stereocenters. The highest BCUT2D eigenvalue weighted by Gasteiger charge is 2.23. The van der Waals surface area contributed by atoms with E-state index in [1.165, 1.54) is 12.8 Å². The van der Waals surface area contributed by atoms with Gasteiger partial charge in [0.05, 0.1) is 6.61 Å². The lowest BCUT2D eigenvalue weighted by Crippen LogP contribution is -2.01. The molecule has 0 aromatic heterocycles. The third kappa shape index (κ3) is 4.83. The van der Waals surface area contributed by atoms with Gasteiger partial charge in [-0.25, -0.2) is 4.39 Å². The van der Waals surface area contributed by atoms with E-state index in [4.69, 9.17) is 4.74 Å². The first-order valence-electron chi connectivity index (χ1n) is 5.34. The van der Waals surface area contributed by atoms with E-state index in [-0.39, 0.29) is 0 Å². The molecule has 0 radical (unpaired) electrons. The zero-order valence-corrected chi connectivity index (χ0v) is 12.4. The molecule has 16 heavy (non-hydrogen) atoms. The maximum Gasteiger partial charge on any atom is 0.244 e. The molecule has 0 aliphatic carbocycles. The SMILES string of the molecule is CCCCCOc1ccc(C(F)(Br)Br)cc1. The van der Waals surface area contributed by atoms with Gasteiger partial charge in [-0.2, -0.15) is 0 Å². The zero-order chi connectivity index (χ0) is 12.0. The fourth-order valence-electron chi connectivity index (χ4n) is 1.28. The molecule has 1 rings (SSSR count). The van der Waals surface area contributed by atoms with Gasteiger partial charge in [0.15, 0.2) is 0 Å². The van der Waals surface area contributed by atoms with Gasteiger partial charge in [0.25, 0.3) is 0 Å². The summed E-state index contributed by atoms with van der Waals surface area (Å²) in [4.78, 5) is 0. The molecule has 4 heteroatoms. The lowest BCUT2D eigenvalue weighted by atomic mass is 10.2. The maximum atomic E-state index is 13.4. The summed E-state index contributed by atoms with van der Waals surface area (Å²) in [6.45, 7) is 2.87. The molecule has 0 saturated carbocycles. The quantitative estimate of drug-likeness (QED) is 0.509. The summed E-state index contributed by atoms with van der Waals surface area (Å²) in [5.41, 5.74) is 0.522. The molecule has 0 fully saturated rings. The first kappa shape index (κ1) is 14.0. The Morgan fingerprint density at radius 2 is 1.81 bits per heavy atom. The predicted octanol–water partition coefficient (Wildman–Crippen LogP) is 5.13. The largest absolute Gasteiger partial charge is 0.494 e. The Hall–Kier alpha value is -0.0900. The highest BCUT2D eigenvalue weighted by Crippen LogP contribution is 2.39. The molecule has 0 aliphatic heterocycles. The lowest BCUT2D eigenvalue weighted by molar-refractivity contribution is 0.306. The molecule has 1 nitrogen and oxygen atoms in total. The highest BCUT2D eigenvalue weighted by molar-refractivity contribution is 9.24. The van der Waals surface area contributed by atoms with Crippen molar-refractivity contribution in [2.45, 2.75) is 29.7 Å². The average molecular weight is 354 g/mol. The van der Waals surface area contributed by atoms with E-state index in [0.717, 1.165) is 18.8 Å². The van der Waals surface area contributed by atoms with Crippen LogP contribution in [0.5, 0.6) is 5.75 Å². The Labute approximate surface area is 113 Å². The molecule has 1 aromatic rings. The molecular weight excluding hydrogens is 339 g/mol. The molecule has 0 amide bonds. The first-order chi connectivity index (χ1) is 7.54. The number of halogens is 3. The van der Waals surface area contributed by atoms with Gasteiger partial charge in [0.2, 0.25) is 3.49 Å². The summed E-state index contributed by atoms with van der Waals surface area (Å²) >= 11 is 5.79. The van der Waals surface area contributed by atoms with E-state index in [1.807, 2.05) is 0 Å². The number of benzene rings is 1. The van der Waals surface area contributed by atoms with E-state index in [9.17, 15) is 4.39 Å². The van der Waals surface area contributed by atoms with Gasteiger partial charge < -0.3 is 4.74 Å². The van der Waals surface area contributed by atoms with E-state index >= 15 is 0 Å². The maximum absolute atomic E-state index is 13.4. The Bertz CT molecular complexity index is 306. The fraction of sp³-hybridized carbons (Fsp3) is 0.500. The van der Waals surface area contributed by atoms with Gasteiger partial charge in [-0.05, 0) is 50.4 Å². The lowest BCUT2D eigenvalue weighted by Gasteiger charge is -2.11. The van der Waals surface area contributed by atoms with Crippen LogP contribution in [0.25, 0.3) is 0 Å². The van der Waals surface area contributed by atoms with Crippen molar-refractivity contribution >= 4 is 31.9 Å². The molecule has 90 valence electrons. The zero-order valence-electron chi connectivity index (χ0n) is 9.18. The smallest absolute Gasteiger partial charge is 0.244 e. The Kier molecular flexibility index (Phi) is 5.76. The van der Waals surface area contributed by atoms with Crippen LogP contribution in [-0.2, 0) is 3.49 Å². The average Bonchev–Trinajstić information content (AvgIpc) is 2.24. The van der Waals surface area contributed by atoms with Crippen LogP contribution in [-0.4, -0.2) is 6.61 Å². The van der Waals surface area contributed by atoms with Gasteiger partial charge in [0, 0.05) is 5.56 Å². The van der Waals surface area contributed by atoms with Crippen molar-refractivity contribution in [2.24, 2.45) is 0 Å². The number of unbranched alkanes of at least 4 members (excludes halogenated alkanes) is 2. The molecule has 0 saturated heterocycles. The van der Waals surface area contributed by atoms with E-state index in [0.29, 0.717) is 5.56 Å². The van der Waals surface area contributed by atoms with E-state index in [2.05, 4.69) is 38.8 Å². The Balaban J connectivity index is 2.46. The van der Waals surface area contributed by atoms with E-state index < -0.39 is 3.49 Å². The molecular formula is C12H15Br2FO. The first-order valence-corrected chi connectivity index (χ1v) is 6.92. The minimum Gasteiger partial charge on any atom is -0.494 e. The number of hydrogen-bond acceptors (Lipinski definition) is 1. The standard InChI is InChI=1S/C12H15Br2FO/c1-2-3-4-9-16-11-7-5-10(6-8-11)12(13,14)15/h5-8H,2-4,9H2,1H3. The van der Waals surface area contributed by atoms with Crippen molar-refractivity contribution in [3.63, 3.8) is 0 Å². The van der Waals surface area contributed by atoms with Crippen LogP contribution in [0.15, 0.2) is 24.3 Å². The molecule has 0 N–H and O–H groups in total. The van der Waals surface area contributed by atoms with Crippen LogP contribution < -0.4 is 4.74 Å². The van der Waals surface area contributed by atoms with E-state index in [1.54, 1.807) is 24.3 Å². The second-order valence-electron chi connectivity index (χ2n) is 3.58. The molecule has 1 aromatic carbocycles. The minimum atomic E-state index is -1.65. The molecule has 0 atom stereocenters. The molecule has 0 heterocycles. The summed E-state index contributed by atoms with van der Waals surface area (Å²) in [6.07, 6.45) is 3.41. The number of ether oxygens (including phenoxy) is 1. The van der Waals surface area contributed by atoms with Crippen LogP contribution in [0.4, 0.5) is 4.39 Å². The predicted molar refractivity (Wildman–Crippen MR) is 72.1 cm³/mol. The summed E-state index contributed by atoms with van der Waals surface area (Å²) < 4.78 is 17.3. The second-order valence-corrected chi connectivity index (χ2v) is 6.83. The van der Waals surface area contributed by atoms with Gasteiger partial charge in [-0.3, -0.25) is 0 Å². The number of hydrogen-bond donors (Lipinski definition) is 0. The van der Waals surface area contributed by atoms with Crippen LogP contribution in [0, 0.1) is 0 Å². The number of alkyl halides is 3. The molecule has 0 spiro atoms. The van der Waals surface area contributed by atoms with Crippen molar-refractivity contribution in [3.05, 3.63) is 29.8 Å². The normalized spacial score (nSPS) is 11.5. The third-order valence-corrected chi connectivity index (χ3v) is 3.11. The Morgan fingerprint density at radius 1 is 1.19 bits per heavy atom. The molecule has 0 bridgehead atoms. The Morgan fingerprint density at radius 3 is 2.31 bits per heavy atom. The van der Waals surface area contributed by atoms with Crippen molar-refractivity contribution in [1.82, 2.24) is 0 Å². The monoisotopic (exact) mass is 352 g/mol. The van der Waals surface area contributed by atoms with Crippen LogP contribution in [0.3, 0.4) is 0 Å². The summed E-state index contributed by atoms with van der Waals surface area (Å²) in [5, 5.41) is 0. The molecule has 0 aliphatic rings. The van der Waals surface area contributed by atoms with Gasteiger partial charge in [-0.15, -0.1) is 0 Å². The van der Waals surface area contributed by atoms with Crippen molar-refractivity contribution in [2.75, 3.05) is 6.61 Å². The van der Waals surface area contributed by atoms with Gasteiger partial charge in [0.1, 0.15) is 5.75 Å². The van der Waals surface area contributed by atoms with Crippen molar-refractivity contribution < 1.29 is 9.13 Å². The number of rotatable bonds is 6. The fourth-order valence-corrected chi connectivity index (χ4v) is 1.81. The topological polar surface area (TPSA) is 9.23 Å². The van der Waals surface area contributed by atoms with Crippen LogP contribution >= 0.6 is 31.9 Å². The summed E-state index contributed by atoms with van der Waals surface area (Å²) in [7, 11) is 0. The third-order valence-electron chi connectivity index (χ3n) is 2.20. The second kappa shape index (κ2) is 6.60. The van der Waals surface area contributed by atoms with Gasteiger partial charge in [-0.1, -0.05) is 31.9 Å². The highest BCUT2D eigenvalue weighted by atomic mass is 79.9. The van der Waals surface area contributed by atoms with Crippen LogP contribution in [0.2, 0.25) is 0 Å². The van der Waals surface area contributed by atoms with Crippen molar-refractivity contribution in [1.29, 1.82) is 0 Å². The van der Waals surface area contributed by atoms with Crippen LogP contribution in [0.1, 0.15) is 31.7 Å².